The lowest BCUT2D eigenvalue weighted by molar-refractivity contribution is -0.384. The fourth-order valence-electron chi connectivity index (χ4n) is 2.22. The molecule has 0 aliphatic heterocycles. The van der Waals surface area contributed by atoms with Crippen molar-refractivity contribution in [2.45, 2.75) is 18.9 Å². The van der Waals surface area contributed by atoms with Gasteiger partial charge in [-0.3, -0.25) is 10.1 Å². The highest BCUT2D eigenvalue weighted by atomic mass is 16.6. The van der Waals surface area contributed by atoms with Crippen molar-refractivity contribution in [3.8, 4) is 0 Å². The van der Waals surface area contributed by atoms with Crippen LogP contribution in [0.4, 0.5) is 11.6 Å². The molecule has 4 N–H and O–H groups in total. The molecular weight excluding hydrogens is 246 g/mol. The van der Waals surface area contributed by atoms with Crippen LogP contribution in [0.3, 0.4) is 0 Å². The molecule has 1 fully saturated rings. The molecule has 1 aliphatic rings. The van der Waals surface area contributed by atoms with Gasteiger partial charge in [-0.15, -0.1) is 0 Å². The number of nitrogens with one attached hydrogen (secondary N) is 2. The number of aromatic amines is 1. The summed E-state index contributed by atoms with van der Waals surface area (Å²) in [6, 6.07) is 4.80. The molecule has 2 aromatic rings. The minimum absolute atomic E-state index is 0.0558. The van der Waals surface area contributed by atoms with Crippen molar-refractivity contribution in [3.63, 3.8) is 0 Å². The smallest absolute Gasteiger partial charge is 0.271 e. The molecule has 1 aromatic heterocycles. The monoisotopic (exact) mass is 261 g/mol. The Labute approximate surface area is 109 Å². The number of hydrogen-bond acceptors (Lipinski definition) is 5. The molecule has 3 rings (SSSR count). The zero-order valence-corrected chi connectivity index (χ0v) is 10.3. The van der Waals surface area contributed by atoms with Crippen LogP contribution in [0.5, 0.6) is 0 Å². The van der Waals surface area contributed by atoms with Crippen LogP contribution in [-0.2, 0) is 0 Å². The number of nitro benzene ring substituents is 1. The predicted molar refractivity (Wildman–Crippen MR) is 71.9 cm³/mol. The molecule has 1 unspecified atom stereocenters. The quantitative estimate of drug-likeness (QED) is 0.559. The number of rotatable bonds is 5. The summed E-state index contributed by atoms with van der Waals surface area (Å²) in [4.78, 5) is 17.7. The van der Waals surface area contributed by atoms with Gasteiger partial charge in [-0.05, 0) is 24.8 Å². The number of anilines is 1. The summed E-state index contributed by atoms with van der Waals surface area (Å²) < 4.78 is 0. The first-order valence-corrected chi connectivity index (χ1v) is 6.28. The Morgan fingerprint density at radius 2 is 2.37 bits per heavy atom. The summed E-state index contributed by atoms with van der Waals surface area (Å²) in [6.45, 7) is 0.557. The van der Waals surface area contributed by atoms with Gasteiger partial charge in [-0.2, -0.15) is 0 Å². The molecule has 0 spiro atoms. The van der Waals surface area contributed by atoms with Crippen molar-refractivity contribution in [1.82, 2.24) is 9.97 Å². The van der Waals surface area contributed by atoms with Gasteiger partial charge >= 0.3 is 0 Å². The Balaban J connectivity index is 1.86. The van der Waals surface area contributed by atoms with Crippen molar-refractivity contribution in [3.05, 3.63) is 28.3 Å². The van der Waals surface area contributed by atoms with Crippen LogP contribution in [0.2, 0.25) is 0 Å². The topological polar surface area (TPSA) is 110 Å². The van der Waals surface area contributed by atoms with E-state index in [0.717, 1.165) is 0 Å². The summed E-state index contributed by atoms with van der Waals surface area (Å²) in [6.07, 6.45) is 2.39. The maximum atomic E-state index is 10.7. The number of H-pyrrole nitrogens is 1. The molecule has 0 radical (unpaired) electrons. The van der Waals surface area contributed by atoms with Crippen molar-refractivity contribution in [2.75, 3.05) is 11.9 Å². The van der Waals surface area contributed by atoms with Gasteiger partial charge in [0.15, 0.2) is 0 Å². The van der Waals surface area contributed by atoms with Crippen molar-refractivity contribution in [2.24, 2.45) is 11.7 Å². The fourth-order valence-corrected chi connectivity index (χ4v) is 2.22. The van der Waals surface area contributed by atoms with Gasteiger partial charge in [-0.1, -0.05) is 0 Å². The maximum absolute atomic E-state index is 10.7. The molecule has 100 valence electrons. The van der Waals surface area contributed by atoms with Crippen LogP contribution in [-0.4, -0.2) is 27.5 Å². The normalized spacial score (nSPS) is 16.5. The average molecular weight is 261 g/mol. The Morgan fingerprint density at radius 1 is 1.58 bits per heavy atom. The van der Waals surface area contributed by atoms with Gasteiger partial charge in [0.05, 0.1) is 16.0 Å². The standard InChI is InChI=1S/C12H15N5O2/c13-6-11(7-1-2-7)16-12-14-9-4-3-8(17(18)19)5-10(9)15-12/h3-5,7,11H,1-2,6,13H2,(H2,14,15,16). The number of benzene rings is 1. The molecule has 1 aliphatic carbocycles. The average Bonchev–Trinajstić information content (AvgIpc) is 3.15. The van der Waals surface area contributed by atoms with E-state index in [0.29, 0.717) is 29.4 Å². The number of nitro groups is 1. The Hall–Kier alpha value is -2.15. The number of nitrogens with zero attached hydrogens (tertiary/aromatic N) is 2. The van der Waals surface area contributed by atoms with E-state index in [1.165, 1.54) is 25.0 Å². The number of non-ortho nitro benzene ring substituents is 1. The number of imidazole rings is 1. The minimum Gasteiger partial charge on any atom is -0.352 e. The van der Waals surface area contributed by atoms with Gasteiger partial charge < -0.3 is 16.0 Å². The Kier molecular flexibility index (Phi) is 2.83. The molecule has 0 amide bonds. The number of aromatic nitrogens is 2. The van der Waals surface area contributed by atoms with Crippen LogP contribution in [0.15, 0.2) is 18.2 Å². The van der Waals surface area contributed by atoms with Crippen LogP contribution < -0.4 is 11.1 Å². The van der Waals surface area contributed by atoms with Crippen molar-refractivity contribution >= 4 is 22.7 Å². The van der Waals surface area contributed by atoms with Crippen LogP contribution >= 0.6 is 0 Å². The summed E-state index contributed by atoms with van der Waals surface area (Å²) in [5, 5.41) is 14.0. The fraction of sp³-hybridized carbons (Fsp3) is 0.417. The third-order valence-corrected chi connectivity index (χ3v) is 3.44. The first-order valence-electron chi connectivity index (χ1n) is 6.28. The molecule has 7 nitrogen and oxygen atoms in total. The minimum atomic E-state index is -0.416. The molecule has 0 saturated heterocycles. The van der Waals surface area contributed by atoms with Gasteiger partial charge in [0.1, 0.15) is 0 Å². The van der Waals surface area contributed by atoms with E-state index in [4.69, 9.17) is 5.73 Å². The molecule has 19 heavy (non-hydrogen) atoms. The van der Waals surface area contributed by atoms with E-state index in [9.17, 15) is 10.1 Å². The highest BCUT2D eigenvalue weighted by molar-refractivity contribution is 5.79. The highest BCUT2D eigenvalue weighted by Crippen LogP contribution is 2.33. The molecule has 1 atom stereocenters. The molecular formula is C12H15N5O2. The van der Waals surface area contributed by atoms with E-state index >= 15 is 0 Å². The first kappa shape index (κ1) is 11.9. The Bertz CT molecular complexity index is 620. The van der Waals surface area contributed by atoms with E-state index < -0.39 is 4.92 Å². The summed E-state index contributed by atoms with van der Waals surface area (Å²) in [5.74, 6) is 1.24. The van der Waals surface area contributed by atoms with Crippen molar-refractivity contribution in [1.29, 1.82) is 0 Å². The second kappa shape index (κ2) is 4.51. The third kappa shape index (κ3) is 2.37. The molecule has 1 heterocycles. The molecule has 1 aromatic carbocycles. The lowest BCUT2D eigenvalue weighted by Crippen LogP contribution is -2.31. The van der Waals surface area contributed by atoms with Gasteiger partial charge in [0.2, 0.25) is 5.95 Å². The predicted octanol–water partition coefficient (Wildman–Crippen LogP) is 1.62. The summed E-state index contributed by atoms with van der Waals surface area (Å²) >= 11 is 0. The van der Waals surface area contributed by atoms with E-state index in [1.54, 1.807) is 6.07 Å². The second-order valence-electron chi connectivity index (χ2n) is 4.87. The summed E-state index contributed by atoms with van der Waals surface area (Å²) in [7, 11) is 0. The molecule has 0 bridgehead atoms. The van der Waals surface area contributed by atoms with E-state index in [1.807, 2.05) is 0 Å². The zero-order valence-electron chi connectivity index (χ0n) is 10.3. The van der Waals surface area contributed by atoms with E-state index in [2.05, 4.69) is 15.3 Å². The van der Waals surface area contributed by atoms with Gasteiger partial charge in [-0.25, -0.2) is 4.98 Å². The van der Waals surface area contributed by atoms with Gasteiger partial charge in [0.25, 0.3) is 5.69 Å². The largest absolute Gasteiger partial charge is 0.352 e. The van der Waals surface area contributed by atoms with Crippen LogP contribution in [0.25, 0.3) is 11.0 Å². The Morgan fingerprint density at radius 3 is 3.00 bits per heavy atom. The molecule has 1 saturated carbocycles. The van der Waals surface area contributed by atoms with Crippen molar-refractivity contribution < 1.29 is 4.92 Å². The van der Waals surface area contributed by atoms with Crippen LogP contribution in [0.1, 0.15) is 12.8 Å². The maximum Gasteiger partial charge on any atom is 0.271 e. The number of nitrogens with two attached hydrogens (primary N) is 1. The van der Waals surface area contributed by atoms with E-state index in [-0.39, 0.29) is 11.7 Å². The second-order valence-corrected chi connectivity index (χ2v) is 4.87. The highest BCUT2D eigenvalue weighted by Gasteiger charge is 2.30. The lowest BCUT2D eigenvalue weighted by Gasteiger charge is -2.14. The van der Waals surface area contributed by atoms with Gasteiger partial charge in [0, 0.05) is 24.7 Å². The molecule has 7 heteroatoms. The number of fused-ring (bicyclic) bond motifs is 1. The SMILES string of the molecule is NCC(Nc1nc2ccc([N+](=O)[O-])cc2[nH]1)C1CC1. The lowest BCUT2D eigenvalue weighted by atomic mass is 10.2. The number of hydrogen-bond donors (Lipinski definition) is 3. The summed E-state index contributed by atoms with van der Waals surface area (Å²) in [5.41, 5.74) is 7.15. The zero-order chi connectivity index (χ0) is 13.4. The van der Waals surface area contributed by atoms with Crippen LogP contribution in [0, 0.1) is 16.0 Å². The third-order valence-electron chi connectivity index (χ3n) is 3.44. The first-order chi connectivity index (χ1) is 9.17.